The summed E-state index contributed by atoms with van der Waals surface area (Å²) in [6, 6.07) is 17.9. The molecule has 1 atom stereocenters. The highest BCUT2D eigenvalue weighted by molar-refractivity contribution is 5.77. The average molecular weight is 311 g/mol. The van der Waals surface area contributed by atoms with Gasteiger partial charge in [0.2, 0.25) is 5.91 Å². The molecular formula is C19H21NO3. The van der Waals surface area contributed by atoms with Gasteiger partial charge in [-0.25, -0.2) is 0 Å². The van der Waals surface area contributed by atoms with Crippen LogP contribution >= 0.6 is 0 Å². The van der Waals surface area contributed by atoms with Gasteiger partial charge in [-0.05, 0) is 36.1 Å². The Kier molecular flexibility index (Phi) is 5.27. The predicted molar refractivity (Wildman–Crippen MR) is 88.4 cm³/mol. The Morgan fingerprint density at radius 3 is 2.70 bits per heavy atom. The average Bonchev–Trinajstić information content (AvgIpc) is 2.99. The van der Waals surface area contributed by atoms with Gasteiger partial charge in [0.25, 0.3) is 0 Å². The van der Waals surface area contributed by atoms with Crippen LogP contribution in [0.25, 0.3) is 0 Å². The maximum atomic E-state index is 12.0. The Morgan fingerprint density at radius 2 is 1.83 bits per heavy atom. The second kappa shape index (κ2) is 7.79. The molecule has 23 heavy (non-hydrogen) atoms. The van der Waals surface area contributed by atoms with E-state index in [1.54, 1.807) is 0 Å². The van der Waals surface area contributed by atoms with E-state index in [9.17, 15) is 4.79 Å². The largest absolute Gasteiger partial charge is 0.491 e. The SMILES string of the molecule is O=C(COCCOc1ccccc1)N[C@H]1CCc2ccccc21. The Balaban J connectivity index is 1.34. The van der Waals surface area contributed by atoms with Crippen molar-refractivity contribution in [2.75, 3.05) is 19.8 Å². The zero-order valence-corrected chi connectivity index (χ0v) is 13.0. The Morgan fingerprint density at radius 1 is 1.04 bits per heavy atom. The quantitative estimate of drug-likeness (QED) is 0.800. The second-order valence-electron chi connectivity index (χ2n) is 5.57. The van der Waals surface area contributed by atoms with Crippen LogP contribution in [0.3, 0.4) is 0 Å². The predicted octanol–water partition coefficient (Wildman–Crippen LogP) is 2.89. The summed E-state index contributed by atoms with van der Waals surface area (Å²) >= 11 is 0. The van der Waals surface area contributed by atoms with Gasteiger partial charge in [-0.1, -0.05) is 42.5 Å². The molecule has 0 spiro atoms. The topological polar surface area (TPSA) is 47.6 Å². The third-order valence-corrected chi connectivity index (χ3v) is 3.94. The zero-order chi connectivity index (χ0) is 15.9. The summed E-state index contributed by atoms with van der Waals surface area (Å²) in [4.78, 5) is 12.0. The fraction of sp³-hybridized carbons (Fsp3) is 0.316. The van der Waals surface area contributed by atoms with Crippen molar-refractivity contribution < 1.29 is 14.3 Å². The molecule has 0 bridgehead atoms. The highest BCUT2D eigenvalue weighted by atomic mass is 16.5. The molecule has 3 rings (SSSR count). The van der Waals surface area contributed by atoms with E-state index in [0.29, 0.717) is 13.2 Å². The van der Waals surface area contributed by atoms with Crippen molar-refractivity contribution in [1.82, 2.24) is 5.32 Å². The van der Waals surface area contributed by atoms with Gasteiger partial charge in [-0.15, -0.1) is 0 Å². The molecule has 4 heteroatoms. The number of hydrogen-bond acceptors (Lipinski definition) is 3. The van der Waals surface area contributed by atoms with Crippen molar-refractivity contribution in [2.24, 2.45) is 0 Å². The number of carbonyl (C=O) groups excluding carboxylic acids is 1. The number of nitrogens with one attached hydrogen (secondary N) is 1. The fourth-order valence-corrected chi connectivity index (χ4v) is 2.84. The summed E-state index contributed by atoms with van der Waals surface area (Å²) in [6.45, 7) is 0.893. The molecule has 1 N–H and O–H groups in total. The summed E-state index contributed by atoms with van der Waals surface area (Å²) in [6.07, 6.45) is 1.98. The normalized spacial score (nSPS) is 15.9. The van der Waals surface area contributed by atoms with E-state index in [2.05, 4.69) is 17.4 Å². The monoisotopic (exact) mass is 311 g/mol. The molecule has 1 amide bonds. The summed E-state index contributed by atoms with van der Waals surface area (Å²) in [5.74, 6) is 0.731. The van der Waals surface area contributed by atoms with Crippen LogP contribution in [0.15, 0.2) is 54.6 Å². The van der Waals surface area contributed by atoms with Crippen LogP contribution in [0.1, 0.15) is 23.6 Å². The van der Waals surface area contributed by atoms with E-state index in [1.165, 1.54) is 11.1 Å². The van der Waals surface area contributed by atoms with Gasteiger partial charge in [0.15, 0.2) is 0 Å². The van der Waals surface area contributed by atoms with Gasteiger partial charge in [-0.2, -0.15) is 0 Å². The maximum Gasteiger partial charge on any atom is 0.246 e. The van der Waals surface area contributed by atoms with Crippen LogP contribution < -0.4 is 10.1 Å². The highest BCUT2D eigenvalue weighted by Gasteiger charge is 2.23. The lowest BCUT2D eigenvalue weighted by molar-refractivity contribution is -0.126. The van der Waals surface area contributed by atoms with Crippen LogP contribution in [-0.4, -0.2) is 25.7 Å². The van der Waals surface area contributed by atoms with E-state index in [4.69, 9.17) is 9.47 Å². The van der Waals surface area contributed by atoms with Crippen LogP contribution in [0.4, 0.5) is 0 Å². The Labute approximate surface area is 136 Å². The Bertz CT molecular complexity index is 642. The number of amides is 1. The smallest absolute Gasteiger partial charge is 0.246 e. The molecule has 0 radical (unpaired) electrons. The van der Waals surface area contributed by atoms with Gasteiger partial charge in [0.1, 0.15) is 19.0 Å². The number of hydrogen-bond donors (Lipinski definition) is 1. The lowest BCUT2D eigenvalue weighted by Crippen LogP contribution is -2.31. The molecule has 0 heterocycles. The molecule has 0 aliphatic heterocycles. The van der Waals surface area contributed by atoms with E-state index in [1.807, 2.05) is 42.5 Å². The summed E-state index contributed by atoms with van der Waals surface area (Å²) in [5, 5.41) is 3.04. The molecule has 0 unspecified atom stereocenters. The molecule has 0 aromatic heterocycles. The first kappa shape index (κ1) is 15.6. The van der Waals surface area contributed by atoms with Gasteiger partial charge >= 0.3 is 0 Å². The third kappa shape index (κ3) is 4.33. The van der Waals surface area contributed by atoms with Crippen LogP contribution in [0.2, 0.25) is 0 Å². The molecule has 0 saturated carbocycles. The number of carbonyl (C=O) groups is 1. The first-order chi connectivity index (χ1) is 11.3. The van der Waals surface area contributed by atoms with Crippen molar-refractivity contribution in [3.8, 4) is 5.75 Å². The number of para-hydroxylation sites is 1. The molecule has 4 nitrogen and oxygen atoms in total. The lowest BCUT2D eigenvalue weighted by atomic mass is 10.1. The van der Waals surface area contributed by atoms with Crippen LogP contribution in [0, 0.1) is 0 Å². The van der Waals surface area contributed by atoms with E-state index in [0.717, 1.165) is 18.6 Å². The van der Waals surface area contributed by atoms with Crippen molar-refractivity contribution in [3.05, 3.63) is 65.7 Å². The number of fused-ring (bicyclic) bond motifs is 1. The molecule has 2 aromatic rings. The van der Waals surface area contributed by atoms with Gasteiger partial charge in [-0.3, -0.25) is 4.79 Å². The summed E-state index contributed by atoms with van der Waals surface area (Å²) < 4.78 is 10.9. The third-order valence-electron chi connectivity index (χ3n) is 3.94. The molecule has 1 aliphatic carbocycles. The molecule has 120 valence electrons. The van der Waals surface area contributed by atoms with Gasteiger partial charge in [0.05, 0.1) is 12.6 Å². The standard InChI is InChI=1S/C19H21NO3/c21-19(14-22-12-13-23-16-7-2-1-3-8-16)20-18-11-10-15-6-4-5-9-17(15)18/h1-9,18H,10-14H2,(H,20,21)/t18-/m0/s1. The van der Waals surface area contributed by atoms with Crippen molar-refractivity contribution in [3.63, 3.8) is 0 Å². The van der Waals surface area contributed by atoms with Gasteiger partial charge < -0.3 is 14.8 Å². The number of aryl methyl sites for hydroxylation is 1. The Hall–Kier alpha value is -2.33. The molecule has 1 aliphatic rings. The first-order valence-corrected chi connectivity index (χ1v) is 7.96. The molecule has 0 fully saturated rings. The summed E-state index contributed by atoms with van der Waals surface area (Å²) in [5.41, 5.74) is 2.56. The fourth-order valence-electron chi connectivity index (χ4n) is 2.84. The van der Waals surface area contributed by atoms with Crippen LogP contribution in [-0.2, 0) is 16.0 Å². The van der Waals surface area contributed by atoms with Crippen molar-refractivity contribution in [2.45, 2.75) is 18.9 Å². The minimum Gasteiger partial charge on any atom is -0.491 e. The maximum absolute atomic E-state index is 12.0. The first-order valence-electron chi connectivity index (χ1n) is 7.96. The molecular weight excluding hydrogens is 290 g/mol. The van der Waals surface area contributed by atoms with Crippen molar-refractivity contribution >= 4 is 5.91 Å². The number of rotatable bonds is 7. The molecule has 0 saturated heterocycles. The zero-order valence-electron chi connectivity index (χ0n) is 13.0. The van der Waals surface area contributed by atoms with E-state index in [-0.39, 0.29) is 18.6 Å². The molecule has 2 aromatic carbocycles. The number of benzene rings is 2. The minimum absolute atomic E-state index is 0.0663. The van der Waals surface area contributed by atoms with E-state index < -0.39 is 0 Å². The highest BCUT2D eigenvalue weighted by Crippen LogP contribution is 2.30. The van der Waals surface area contributed by atoms with E-state index >= 15 is 0 Å². The summed E-state index contributed by atoms with van der Waals surface area (Å²) in [7, 11) is 0. The lowest BCUT2D eigenvalue weighted by Gasteiger charge is -2.14. The van der Waals surface area contributed by atoms with Gasteiger partial charge in [0, 0.05) is 0 Å². The second-order valence-corrected chi connectivity index (χ2v) is 5.57. The van der Waals surface area contributed by atoms with Crippen molar-refractivity contribution in [1.29, 1.82) is 0 Å². The minimum atomic E-state index is -0.0774. The number of ether oxygens (including phenoxy) is 2. The van der Waals surface area contributed by atoms with Crippen LogP contribution in [0.5, 0.6) is 5.75 Å².